The van der Waals surface area contributed by atoms with Crippen molar-refractivity contribution >= 4 is 41.3 Å². The van der Waals surface area contributed by atoms with Crippen molar-refractivity contribution in [2.24, 2.45) is 12.0 Å². The van der Waals surface area contributed by atoms with Crippen LogP contribution in [0.25, 0.3) is 11.1 Å². The van der Waals surface area contributed by atoms with Crippen LogP contribution in [0.15, 0.2) is 53.1 Å². The Bertz CT molecular complexity index is 1020. The Balaban J connectivity index is 0.00000289. The Morgan fingerprint density at radius 1 is 1.31 bits per heavy atom. The summed E-state index contributed by atoms with van der Waals surface area (Å²) in [5.74, 6) is 1.80. The molecule has 0 spiro atoms. The highest BCUT2D eigenvalue weighted by atomic mass is 127. The molecule has 4 rings (SSSR count). The summed E-state index contributed by atoms with van der Waals surface area (Å²) in [4.78, 5) is 8.44. The monoisotopic (exact) mass is 567 g/mol. The average molecular weight is 567 g/mol. The smallest absolute Gasteiger partial charge is 0.194 e. The van der Waals surface area contributed by atoms with Crippen LogP contribution >= 0.6 is 35.3 Å². The van der Waals surface area contributed by atoms with Gasteiger partial charge in [0.25, 0.3) is 0 Å². The molecule has 0 bridgehead atoms. The lowest BCUT2D eigenvalue weighted by Gasteiger charge is -2.34. The van der Waals surface area contributed by atoms with Gasteiger partial charge in [0.1, 0.15) is 11.9 Å². The third-order valence-electron chi connectivity index (χ3n) is 5.26. The quantitative estimate of drug-likeness (QED) is 0.273. The van der Waals surface area contributed by atoms with Crippen molar-refractivity contribution in [1.82, 2.24) is 20.0 Å². The first kappa shape index (κ1) is 24.5. The van der Waals surface area contributed by atoms with Gasteiger partial charge in [0.05, 0.1) is 33.0 Å². The Morgan fingerprint density at radius 2 is 2.12 bits per heavy atom. The SMILES string of the molecule is CCNC(=NCc1cc(-c2ccc(OC)cc2)cs1)N1CCOC(c2cnn(C)c2)C1.I. The molecule has 1 aliphatic rings. The number of aromatic nitrogens is 2. The van der Waals surface area contributed by atoms with Gasteiger partial charge in [-0.3, -0.25) is 4.68 Å². The summed E-state index contributed by atoms with van der Waals surface area (Å²) in [7, 11) is 3.61. The number of halogens is 1. The molecule has 3 heterocycles. The second-order valence-corrected chi connectivity index (χ2v) is 8.45. The number of methoxy groups -OCH3 is 1. The van der Waals surface area contributed by atoms with Crippen LogP contribution in [-0.4, -0.2) is 54.0 Å². The topological polar surface area (TPSA) is 63.9 Å². The van der Waals surface area contributed by atoms with Crippen molar-refractivity contribution in [2.45, 2.75) is 19.6 Å². The highest BCUT2D eigenvalue weighted by molar-refractivity contribution is 14.0. The van der Waals surface area contributed by atoms with E-state index >= 15 is 0 Å². The van der Waals surface area contributed by atoms with Gasteiger partial charge in [0.2, 0.25) is 0 Å². The number of nitrogens with zero attached hydrogens (tertiary/aromatic N) is 4. The maximum atomic E-state index is 5.98. The number of rotatable bonds is 6. The number of nitrogens with one attached hydrogen (secondary N) is 1. The Morgan fingerprint density at radius 3 is 2.81 bits per heavy atom. The molecule has 1 aliphatic heterocycles. The number of hydrogen-bond acceptors (Lipinski definition) is 5. The molecular formula is C23H30IN5O2S. The fraction of sp³-hybridized carbons (Fsp3) is 0.391. The molecule has 1 fully saturated rings. The maximum absolute atomic E-state index is 5.98. The molecule has 1 unspecified atom stereocenters. The molecule has 172 valence electrons. The van der Waals surface area contributed by atoms with E-state index in [1.807, 2.05) is 36.3 Å². The average Bonchev–Trinajstić information content (AvgIpc) is 3.46. The van der Waals surface area contributed by atoms with Gasteiger partial charge in [-0.05, 0) is 41.6 Å². The molecule has 7 nitrogen and oxygen atoms in total. The second kappa shape index (κ2) is 11.7. The molecule has 1 N–H and O–H groups in total. The summed E-state index contributed by atoms with van der Waals surface area (Å²) in [6.45, 7) is 5.84. The fourth-order valence-corrected chi connectivity index (χ4v) is 4.44. The first-order chi connectivity index (χ1) is 15.2. The lowest BCUT2D eigenvalue weighted by molar-refractivity contribution is -0.00805. The van der Waals surface area contributed by atoms with Gasteiger partial charge in [-0.15, -0.1) is 35.3 Å². The first-order valence-electron chi connectivity index (χ1n) is 10.5. The van der Waals surface area contributed by atoms with Crippen LogP contribution in [-0.2, 0) is 18.3 Å². The summed E-state index contributed by atoms with van der Waals surface area (Å²) in [5.41, 5.74) is 3.50. The van der Waals surface area contributed by atoms with Crippen molar-refractivity contribution in [3.05, 3.63) is 58.5 Å². The van der Waals surface area contributed by atoms with E-state index in [4.69, 9.17) is 14.5 Å². The van der Waals surface area contributed by atoms with E-state index in [1.165, 1.54) is 16.0 Å². The number of ether oxygens (including phenoxy) is 2. The Labute approximate surface area is 210 Å². The minimum atomic E-state index is 0. The summed E-state index contributed by atoms with van der Waals surface area (Å²) in [6, 6.07) is 10.4. The summed E-state index contributed by atoms with van der Waals surface area (Å²) in [5, 5.41) is 9.91. The van der Waals surface area contributed by atoms with E-state index in [9.17, 15) is 0 Å². The van der Waals surface area contributed by atoms with Gasteiger partial charge >= 0.3 is 0 Å². The van der Waals surface area contributed by atoms with Crippen molar-refractivity contribution in [2.75, 3.05) is 33.4 Å². The first-order valence-corrected chi connectivity index (χ1v) is 11.4. The molecule has 0 saturated carbocycles. The summed E-state index contributed by atoms with van der Waals surface area (Å²) in [6.07, 6.45) is 3.91. The third kappa shape index (κ3) is 6.02. The molecule has 0 aliphatic carbocycles. The molecule has 2 aromatic heterocycles. The molecule has 3 aromatic rings. The molecule has 1 atom stereocenters. The van der Waals surface area contributed by atoms with Gasteiger partial charge in [-0.1, -0.05) is 12.1 Å². The lowest BCUT2D eigenvalue weighted by atomic mass is 10.1. The zero-order chi connectivity index (χ0) is 21.6. The Kier molecular flexibility index (Phi) is 8.94. The molecular weight excluding hydrogens is 537 g/mol. The predicted molar refractivity (Wildman–Crippen MR) is 140 cm³/mol. The predicted octanol–water partition coefficient (Wildman–Crippen LogP) is 4.31. The number of aryl methyl sites for hydroxylation is 1. The number of thiophene rings is 1. The zero-order valence-corrected chi connectivity index (χ0v) is 21.8. The normalized spacial score (nSPS) is 16.5. The Hall–Kier alpha value is -2.11. The molecule has 9 heteroatoms. The number of guanidine groups is 1. The standard InChI is InChI=1S/C23H29N5O2S.HI/c1-4-24-23(28-9-10-30-22(15-28)19-12-26-27(2)14-19)25-13-21-11-18(16-31-21)17-5-7-20(29-3)8-6-17;/h5-8,11-12,14,16,22H,4,9-10,13,15H2,1-3H3,(H,24,25);1H. The maximum Gasteiger partial charge on any atom is 0.194 e. The van der Waals surface area contributed by atoms with E-state index in [2.05, 4.69) is 45.8 Å². The van der Waals surface area contributed by atoms with Gasteiger partial charge in [0.15, 0.2) is 5.96 Å². The lowest BCUT2D eigenvalue weighted by Crippen LogP contribution is -2.48. The molecule has 32 heavy (non-hydrogen) atoms. The molecule has 0 radical (unpaired) electrons. The van der Waals surface area contributed by atoms with E-state index in [-0.39, 0.29) is 30.1 Å². The van der Waals surface area contributed by atoms with Crippen LogP contribution in [0.5, 0.6) is 5.75 Å². The van der Waals surface area contributed by atoms with Crippen LogP contribution in [0.4, 0.5) is 0 Å². The minimum Gasteiger partial charge on any atom is -0.497 e. The summed E-state index contributed by atoms with van der Waals surface area (Å²) < 4.78 is 13.0. The molecule has 0 amide bonds. The highest BCUT2D eigenvalue weighted by Gasteiger charge is 2.25. The van der Waals surface area contributed by atoms with E-state index in [1.54, 1.807) is 18.4 Å². The van der Waals surface area contributed by atoms with Gasteiger partial charge < -0.3 is 19.7 Å². The highest BCUT2D eigenvalue weighted by Crippen LogP contribution is 2.28. The van der Waals surface area contributed by atoms with E-state index < -0.39 is 0 Å². The number of benzene rings is 1. The number of morpholine rings is 1. The van der Waals surface area contributed by atoms with Crippen molar-refractivity contribution in [1.29, 1.82) is 0 Å². The third-order valence-corrected chi connectivity index (χ3v) is 6.18. The van der Waals surface area contributed by atoms with Gasteiger partial charge in [-0.2, -0.15) is 5.10 Å². The second-order valence-electron chi connectivity index (χ2n) is 7.45. The van der Waals surface area contributed by atoms with Crippen molar-refractivity contribution in [3.63, 3.8) is 0 Å². The van der Waals surface area contributed by atoms with E-state index in [0.717, 1.165) is 36.9 Å². The largest absolute Gasteiger partial charge is 0.497 e. The van der Waals surface area contributed by atoms with E-state index in [0.29, 0.717) is 13.2 Å². The van der Waals surface area contributed by atoms with Gasteiger partial charge in [0, 0.05) is 36.8 Å². The van der Waals surface area contributed by atoms with Crippen molar-refractivity contribution < 1.29 is 9.47 Å². The number of hydrogen-bond donors (Lipinski definition) is 1. The van der Waals surface area contributed by atoms with Crippen LogP contribution in [0.2, 0.25) is 0 Å². The fourth-order valence-electron chi connectivity index (χ4n) is 3.63. The molecule has 1 saturated heterocycles. The zero-order valence-electron chi connectivity index (χ0n) is 18.7. The van der Waals surface area contributed by atoms with Crippen LogP contribution < -0.4 is 10.1 Å². The minimum absolute atomic E-state index is 0. The van der Waals surface area contributed by atoms with Gasteiger partial charge in [-0.25, -0.2) is 4.99 Å². The number of aliphatic imine (C=N–C) groups is 1. The van der Waals surface area contributed by atoms with Crippen LogP contribution in [0.3, 0.4) is 0 Å². The van der Waals surface area contributed by atoms with Crippen LogP contribution in [0, 0.1) is 0 Å². The molecule has 1 aromatic carbocycles. The van der Waals surface area contributed by atoms with Crippen LogP contribution in [0.1, 0.15) is 23.5 Å². The van der Waals surface area contributed by atoms with Crippen molar-refractivity contribution in [3.8, 4) is 16.9 Å². The summed E-state index contributed by atoms with van der Waals surface area (Å²) >= 11 is 1.74.